The molecule has 0 fully saturated rings. The van der Waals surface area contributed by atoms with Crippen LogP contribution in [0.15, 0.2) is 0 Å². The summed E-state index contributed by atoms with van der Waals surface area (Å²) in [6.07, 6.45) is 0.993. The molecule has 0 spiro atoms. The Balaban J connectivity index is 0. The number of rotatable bonds is 2. The third-order valence-electron chi connectivity index (χ3n) is 1.28. The van der Waals surface area contributed by atoms with Crippen molar-refractivity contribution < 1.29 is 19.8 Å². The third kappa shape index (κ3) is 10.8. The number of carboxylic acids is 2. The molecule has 0 saturated carbocycles. The molecule has 0 saturated heterocycles. The molecule has 0 aromatic carbocycles. The smallest absolute Gasteiger partial charge is 0.414 e. The second kappa shape index (κ2) is 7.47. The zero-order valence-corrected chi connectivity index (χ0v) is 7.60. The Morgan fingerprint density at radius 1 is 1.31 bits per heavy atom. The average Bonchev–Trinajstić information content (AvgIpc) is 2.03. The normalized spacial score (nSPS) is 11.5. The van der Waals surface area contributed by atoms with Gasteiger partial charge in [0, 0.05) is 6.04 Å². The van der Waals surface area contributed by atoms with Crippen molar-refractivity contribution in [3.05, 3.63) is 0 Å². The Morgan fingerprint density at radius 3 is 1.62 bits per heavy atom. The molecule has 0 aromatic rings. The van der Waals surface area contributed by atoms with Gasteiger partial charge in [-0.3, -0.25) is 11.7 Å². The van der Waals surface area contributed by atoms with Gasteiger partial charge < -0.3 is 10.2 Å². The minimum absolute atomic E-state index is 0.292. The van der Waals surface area contributed by atoms with Crippen LogP contribution in [0.4, 0.5) is 0 Å². The van der Waals surface area contributed by atoms with Gasteiger partial charge in [-0.1, -0.05) is 6.92 Å². The topological polar surface area (TPSA) is 130 Å². The first-order valence-corrected chi connectivity index (χ1v) is 3.57. The molecule has 78 valence electrons. The molecule has 1 atom stereocenters. The van der Waals surface area contributed by atoms with Crippen LogP contribution < -0.4 is 11.7 Å². The molecular formula is C6H15N3O4. The number of nitrogens with two attached hydrogens (primary N) is 2. The standard InChI is InChI=1S/C4H13N3.C2H2O4/c1-3-4(2)7(5)6;3-1(4)2(5)6/h4H,3,5-6H2,1-2H3;(H,3,4)(H,5,6). The van der Waals surface area contributed by atoms with Crippen molar-refractivity contribution >= 4 is 11.9 Å². The van der Waals surface area contributed by atoms with Gasteiger partial charge in [-0.2, -0.15) is 5.12 Å². The van der Waals surface area contributed by atoms with Crippen molar-refractivity contribution in [2.75, 3.05) is 0 Å². The van der Waals surface area contributed by atoms with Gasteiger partial charge in [0.1, 0.15) is 0 Å². The van der Waals surface area contributed by atoms with E-state index in [0.29, 0.717) is 6.04 Å². The van der Waals surface area contributed by atoms with E-state index in [0.717, 1.165) is 6.42 Å². The Morgan fingerprint density at radius 2 is 1.62 bits per heavy atom. The molecule has 1 unspecified atom stereocenters. The van der Waals surface area contributed by atoms with E-state index in [-0.39, 0.29) is 0 Å². The summed E-state index contributed by atoms with van der Waals surface area (Å²) in [6, 6.07) is 0.292. The van der Waals surface area contributed by atoms with Crippen LogP contribution in [0.5, 0.6) is 0 Å². The number of carbonyl (C=O) groups is 2. The number of hydrogen-bond donors (Lipinski definition) is 4. The lowest BCUT2D eigenvalue weighted by Gasteiger charge is -2.15. The zero-order chi connectivity index (χ0) is 11.0. The molecule has 6 N–H and O–H groups in total. The fourth-order valence-electron chi connectivity index (χ4n) is 0.211. The summed E-state index contributed by atoms with van der Waals surface area (Å²) in [6.45, 7) is 4.01. The molecule has 0 bridgehead atoms. The van der Waals surface area contributed by atoms with E-state index in [4.69, 9.17) is 31.5 Å². The largest absolute Gasteiger partial charge is 0.473 e. The number of aliphatic carboxylic acids is 2. The van der Waals surface area contributed by atoms with Gasteiger partial charge in [-0.15, -0.1) is 0 Å². The summed E-state index contributed by atoms with van der Waals surface area (Å²) in [7, 11) is 0. The van der Waals surface area contributed by atoms with Crippen molar-refractivity contribution in [3.63, 3.8) is 0 Å². The van der Waals surface area contributed by atoms with Crippen LogP contribution in [0.2, 0.25) is 0 Å². The molecule has 0 heterocycles. The van der Waals surface area contributed by atoms with Crippen LogP contribution in [0.3, 0.4) is 0 Å². The maximum Gasteiger partial charge on any atom is 0.414 e. The van der Waals surface area contributed by atoms with Crippen LogP contribution in [-0.2, 0) is 9.59 Å². The first-order chi connectivity index (χ1) is 5.82. The first-order valence-electron chi connectivity index (χ1n) is 3.57. The van der Waals surface area contributed by atoms with Crippen LogP contribution in [0.1, 0.15) is 20.3 Å². The predicted molar refractivity (Wildman–Crippen MR) is 45.2 cm³/mol. The van der Waals surface area contributed by atoms with Crippen molar-refractivity contribution in [1.29, 1.82) is 0 Å². The fraction of sp³-hybridized carbons (Fsp3) is 0.667. The average molecular weight is 193 g/mol. The Labute approximate surface area is 75.9 Å². The summed E-state index contributed by atoms with van der Waals surface area (Å²) >= 11 is 0. The maximum atomic E-state index is 9.10. The van der Waals surface area contributed by atoms with E-state index in [1.54, 1.807) is 0 Å². The number of hydrazine groups is 2. The zero-order valence-electron chi connectivity index (χ0n) is 7.60. The molecule has 0 aromatic heterocycles. The lowest BCUT2D eigenvalue weighted by Crippen LogP contribution is -2.44. The second-order valence-electron chi connectivity index (χ2n) is 2.31. The van der Waals surface area contributed by atoms with E-state index >= 15 is 0 Å². The van der Waals surface area contributed by atoms with Gasteiger partial charge >= 0.3 is 11.9 Å². The van der Waals surface area contributed by atoms with Gasteiger partial charge in [0.2, 0.25) is 0 Å². The molecule has 0 aliphatic carbocycles. The molecular weight excluding hydrogens is 178 g/mol. The summed E-state index contributed by atoms with van der Waals surface area (Å²) < 4.78 is 0. The minimum Gasteiger partial charge on any atom is -0.473 e. The van der Waals surface area contributed by atoms with Crippen LogP contribution >= 0.6 is 0 Å². The van der Waals surface area contributed by atoms with E-state index in [2.05, 4.69) is 0 Å². The molecule has 0 amide bonds. The SMILES string of the molecule is CCC(C)N(N)N.O=C(O)C(=O)O. The minimum atomic E-state index is -1.82. The Kier molecular flexibility index (Phi) is 8.24. The van der Waals surface area contributed by atoms with Crippen molar-refractivity contribution in [2.45, 2.75) is 26.3 Å². The second-order valence-corrected chi connectivity index (χ2v) is 2.31. The molecule has 7 nitrogen and oxygen atoms in total. The summed E-state index contributed by atoms with van der Waals surface area (Å²) in [4.78, 5) is 18.2. The summed E-state index contributed by atoms with van der Waals surface area (Å²) in [5.41, 5.74) is 0. The monoisotopic (exact) mass is 193 g/mol. The van der Waals surface area contributed by atoms with Crippen molar-refractivity contribution in [1.82, 2.24) is 5.12 Å². The molecule has 0 aliphatic heterocycles. The van der Waals surface area contributed by atoms with E-state index in [1.807, 2.05) is 13.8 Å². The lowest BCUT2D eigenvalue weighted by molar-refractivity contribution is -0.159. The number of hydrogen-bond acceptors (Lipinski definition) is 5. The summed E-state index contributed by atoms with van der Waals surface area (Å²) in [5, 5.41) is 16.0. The van der Waals surface area contributed by atoms with E-state index in [9.17, 15) is 0 Å². The fourth-order valence-corrected chi connectivity index (χ4v) is 0.211. The lowest BCUT2D eigenvalue weighted by atomic mass is 10.3. The van der Waals surface area contributed by atoms with Gasteiger partial charge in [0.05, 0.1) is 0 Å². The van der Waals surface area contributed by atoms with Gasteiger partial charge in [0.15, 0.2) is 0 Å². The van der Waals surface area contributed by atoms with E-state index in [1.165, 1.54) is 5.12 Å². The first kappa shape index (κ1) is 14.3. The third-order valence-corrected chi connectivity index (χ3v) is 1.28. The highest BCUT2D eigenvalue weighted by Gasteiger charge is 2.04. The highest BCUT2D eigenvalue weighted by molar-refractivity contribution is 6.27. The van der Waals surface area contributed by atoms with Crippen LogP contribution in [-0.4, -0.2) is 33.3 Å². The quantitative estimate of drug-likeness (QED) is 0.251. The van der Waals surface area contributed by atoms with E-state index < -0.39 is 11.9 Å². The van der Waals surface area contributed by atoms with Crippen LogP contribution in [0.25, 0.3) is 0 Å². The van der Waals surface area contributed by atoms with Gasteiger partial charge in [-0.05, 0) is 13.3 Å². The maximum absolute atomic E-state index is 9.10. The highest BCUT2D eigenvalue weighted by atomic mass is 16.4. The Bertz CT molecular complexity index is 159. The molecule has 0 aliphatic rings. The van der Waals surface area contributed by atoms with Crippen LogP contribution in [0, 0.1) is 0 Å². The number of carboxylic acid groups (broad SMARTS) is 2. The molecule has 0 radical (unpaired) electrons. The Hall–Kier alpha value is -1.18. The van der Waals surface area contributed by atoms with Gasteiger partial charge in [-0.25, -0.2) is 9.59 Å². The highest BCUT2D eigenvalue weighted by Crippen LogP contribution is 1.89. The van der Waals surface area contributed by atoms with Crippen molar-refractivity contribution in [2.24, 2.45) is 11.7 Å². The number of nitrogens with zero attached hydrogens (tertiary/aromatic N) is 1. The molecule has 0 rings (SSSR count). The molecule has 7 heteroatoms. The van der Waals surface area contributed by atoms with Gasteiger partial charge in [0.25, 0.3) is 0 Å². The molecule has 13 heavy (non-hydrogen) atoms. The predicted octanol–water partition coefficient (Wildman–Crippen LogP) is -1.01. The summed E-state index contributed by atoms with van der Waals surface area (Å²) in [5.74, 6) is 6.67. The van der Waals surface area contributed by atoms with Crippen molar-refractivity contribution in [3.8, 4) is 0 Å².